The first-order valence-corrected chi connectivity index (χ1v) is 13.7. The third-order valence-corrected chi connectivity index (χ3v) is 6.96. The van der Waals surface area contributed by atoms with E-state index in [-0.39, 0.29) is 18.4 Å². The van der Waals surface area contributed by atoms with Crippen LogP contribution in [0.4, 0.5) is 5.82 Å². The Balaban J connectivity index is 1.57. The molecule has 38 heavy (non-hydrogen) atoms. The topological polar surface area (TPSA) is 91.7 Å². The number of aliphatic hydroxyl groups is 1. The summed E-state index contributed by atoms with van der Waals surface area (Å²) in [7, 11) is 0. The van der Waals surface area contributed by atoms with Gasteiger partial charge in [0.25, 0.3) is 0 Å². The van der Waals surface area contributed by atoms with Crippen molar-refractivity contribution in [3.63, 3.8) is 0 Å². The van der Waals surface area contributed by atoms with Crippen LogP contribution >= 0.6 is 11.6 Å². The maximum atomic E-state index is 12.4. The highest BCUT2D eigenvalue weighted by atomic mass is 35.5. The summed E-state index contributed by atoms with van der Waals surface area (Å²) in [6, 6.07) is 9.47. The van der Waals surface area contributed by atoms with Crippen LogP contribution in [0, 0.1) is 5.92 Å². The molecule has 1 fully saturated rings. The average Bonchev–Trinajstić information content (AvgIpc) is 2.95. The van der Waals surface area contributed by atoms with Crippen molar-refractivity contribution in [3.05, 3.63) is 53.9 Å². The molecule has 1 aromatic carbocycles. The Morgan fingerprint density at radius 2 is 1.82 bits per heavy atom. The van der Waals surface area contributed by atoms with Crippen molar-refractivity contribution in [2.45, 2.75) is 46.1 Å². The van der Waals surface area contributed by atoms with Crippen molar-refractivity contribution in [2.75, 3.05) is 37.7 Å². The summed E-state index contributed by atoms with van der Waals surface area (Å²) in [5, 5.41) is 10.6. The van der Waals surface area contributed by atoms with E-state index in [4.69, 9.17) is 26.3 Å². The number of unbranched alkanes of at least 4 members (excludes halogenated alkanes) is 1. The third-order valence-electron chi connectivity index (χ3n) is 6.66. The molecule has 1 N–H and O–H groups in total. The van der Waals surface area contributed by atoms with Crippen LogP contribution in [0.3, 0.4) is 0 Å². The lowest BCUT2D eigenvalue weighted by molar-refractivity contribution is -0.134. The Bertz CT molecular complexity index is 1210. The van der Waals surface area contributed by atoms with Gasteiger partial charge in [0, 0.05) is 55.6 Å². The van der Waals surface area contributed by atoms with Crippen LogP contribution in [0.1, 0.15) is 40.0 Å². The lowest BCUT2D eigenvalue weighted by Crippen LogP contribution is -2.50. The van der Waals surface area contributed by atoms with Crippen LogP contribution in [0.15, 0.2) is 48.9 Å². The van der Waals surface area contributed by atoms with Crippen LogP contribution in [-0.2, 0) is 4.79 Å². The van der Waals surface area contributed by atoms with Crippen molar-refractivity contribution >= 4 is 23.3 Å². The fraction of sp³-hybridized carbons (Fsp3) is 0.448. The molecule has 1 unspecified atom stereocenters. The lowest BCUT2D eigenvalue weighted by Gasteiger charge is -2.36. The molecule has 0 aliphatic carbocycles. The van der Waals surface area contributed by atoms with Gasteiger partial charge in [-0.05, 0) is 36.8 Å². The van der Waals surface area contributed by atoms with Gasteiger partial charge >= 0.3 is 0 Å². The minimum atomic E-state index is -0.473. The van der Waals surface area contributed by atoms with Crippen molar-refractivity contribution < 1.29 is 14.6 Å². The van der Waals surface area contributed by atoms with Crippen LogP contribution in [-0.4, -0.2) is 69.8 Å². The number of aliphatic hydroxyl groups excluding tert-OH is 1. The summed E-state index contributed by atoms with van der Waals surface area (Å²) < 4.78 is 5.78. The minimum Gasteiger partial charge on any atom is -0.491 e. The molecule has 0 bridgehead atoms. The van der Waals surface area contributed by atoms with E-state index < -0.39 is 6.10 Å². The van der Waals surface area contributed by atoms with E-state index in [1.807, 2.05) is 49.1 Å². The van der Waals surface area contributed by atoms with Crippen molar-refractivity contribution in [2.24, 2.45) is 5.92 Å². The average molecular weight is 538 g/mol. The van der Waals surface area contributed by atoms with Crippen LogP contribution in [0.5, 0.6) is 5.75 Å². The van der Waals surface area contributed by atoms with Crippen molar-refractivity contribution in [1.29, 1.82) is 0 Å². The number of amides is 1. The molecule has 4 rings (SSSR count). The first-order valence-electron chi connectivity index (χ1n) is 13.3. The number of anilines is 1. The number of hydrogen-bond donors (Lipinski definition) is 1. The predicted molar refractivity (Wildman–Crippen MR) is 150 cm³/mol. The maximum Gasteiger partial charge on any atom is 0.225 e. The second-order valence-electron chi connectivity index (χ2n) is 9.88. The third kappa shape index (κ3) is 6.79. The zero-order chi connectivity index (χ0) is 27.1. The molecule has 1 saturated heterocycles. The first kappa shape index (κ1) is 27.8. The molecular formula is C29H36ClN5O3. The Kier molecular flexibility index (Phi) is 9.53. The van der Waals surface area contributed by atoms with Gasteiger partial charge in [0.05, 0.1) is 23.0 Å². The Morgan fingerprint density at radius 3 is 2.47 bits per heavy atom. The Labute approximate surface area is 229 Å². The highest BCUT2D eigenvalue weighted by Gasteiger charge is 2.25. The van der Waals surface area contributed by atoms with Gasteiger partial charge in [-0.3, -0.25) is 14.8 Å². The normalized spacial score (nSPS) is 14.6. The number of hydrogen-bond acceptors (Lipinski definition) is 7. The van der Waals surface area contributed by atoms with Crippen LogP contribution in [0.2, 0.25) is 5.02 Å². The highest BCUT2D eigenvalue weighted by Crippen LogP contribution is 2.35. The SMILES string of the molecule is CCCCC(O)COc1ccc(-c2ncc(N3CCN(C(=O)C(C)C)CC3)nc2-c2ccncc2Cl)cc1. The number of piperazine rings is 1. The largest absolute Gasteiger partial charge is 0.491 e. The van der Waals surface area contributed by atoms with Crippen LogP contribution in [0.25, 0.3) is 22.5 Å². The molecule has 202 valence electrons. The van der Waals surface area contributed by atoms with Crippen molar-refractivity contribution in [1.82, 2.24) is 19.9 Å². The fourth-order valence-electron chi connectivity index (χ4n) is 4.44. The number of ether oxygens (including phenoxy) is 1. The van der Waals surface area contributed by atoms with E-state index in [1.165, 1.54) is 0 Å². The zero-order valence-electron chi connectivity index (χ0n) is 22.3. The molecule has 3 heterocycles. The molecule has 1 aliphatic rings. The number of carbonyl (C=O) groups excluding carboxylic acids is 1. The summed E-state index contributed by atoms with van der Waals surface area (Å²) in [5.74, 6) is 1.60. The number of aromatic nitrogens is 3. The summed E-state index contributed by atoms with van der Waals surface area (Å²) in [5.41, 5.74) is 2.99. The van der Waals surface area contributed by atoms with Crippen molar-refractivity contribution in [3.8, 4) is 28.3 Å². The maximum absolute atomic E-state index is 12.4. The summed E-state index contributed by atoms with van der Waals surface area (Å²) in [4.78, 5) is 30.4. The van der Waals surface area contributed by atoms with Gasteiger partial charge in [0.2, 0.25) is 5.91 Å². The molecule has 0 radical (unpaired) electrons. The second-order valence-corrected chi connectivity index (χ2v) is 10.3. The highest BCUT2D eigenvalue weighted by molar-refractivity contribution is 6.33. The molecule has 9 heteroatoms. The second kappa shape index (κ2) is 13.0. The zero-order valence-corrected chi connectivity index (χ0v) is 23.1. The van der Waals surface area contributed by atoms with E-state index in [1.54, 1.807) is 18.6 Å². The lowest BCUT2D eigenvalue weighted by atomic mass is 10.0. The van der Waals surface area contributed by atoms with E-state index >= 15 is 0 Å². The number of carbonyl (C=O) groups is 1. The number of benzene rings is 1. The number of nitrogens with zero attached hydrogens (tertiary/aromatic N) is 5. The standard InChI is InChI=1S/C29H36ClN5O3/c1-4-5-6-22(36)19-38-23-9-7-21(8-10-23)27-28(24-11-12-31-17-25(24)30)33-26(18-32-27)34-13-15-35(16-14-34)29(37)20(2)3/h7-12,17-18,20,22,36H,4-6,13-16,19H2,1-3H3. The summed E-state index contributed by atoms with van der Waals surface area (Å²) in [6.07, 6.45) is 7.35. The van der Waals surface area contributed by atoms with Gasteiger partial charge in [-0.2, -0.15) is 0 Å². The Morgan fingerprint density at radius 1 is 1.08 bits per heavy atom. The molecule has 8 nitrogen and oxygen atoms in total. The Hall–Kier alpha value is -3.23. The molecule has 1 atom stereocenters. The van der Waals surface area contributed by atoms with E-state index in [0.29, 0.717) is 48.3 Å². The fourth-order valence-corrected chi connectivity index (χ4v) is 4.65. The molecule has 1 amide bonds. The van der Waals surface area contributed by atoms with Gasteiger partial charge < -0.3 is 19.6 Å². The predicted octanol–water partition coefficient (Wildman–Crippen LogP) is 5.09. The van der Waals surface area contributed by atoms with Gasteiger partial charge in [-0.25, -0.2) is 4.98 Å². The van der Waals surface area contributed by atoms with Crippen LogP contribution < -0.4 is 9.64 Å². The molecule has 1 aliphatic heterocycles. The molecular weight excluding hydrogens is 502 g/mol. The molecule has 0 saturated carbocycles. The van der Waals surface area contributed by atoms with E-state index in [2.05, 4.69) is 16.8 Å². The summed E-state index contributed by atoms with van der Waals surface area (Å²) in [6.45, 7) is 8.91. The summed E-state index contributed by atoms with van der Waals surface area (Å²) >= 11 is 6.54. The molecule has 0 spiro atoms. The van der Waals surface area contributed by atoms with E-state index in [0.717, 1.165) is 36.2 Å². The monoisotopic (exact) mass is 537 g/mol. The first-order chi connectivity index (χ1) is 18.4. The van der Waals surface area contributed by atoms with Gasteiger partial charge in [-0.15, -0.1) is 0 Å². The minimum absolute atomic E-state index is 0.0102. The molecule has 2 aromatic heterocycles. The number of pyridine rings is 1. The smallest absolute Gasteiger partial charge is 0.225 e. The van der Waals surface area contributed by atoms with Gasteiger partial charge in [0.15, 0.2) is 0 Å². The van der Waals surface area contributed by atoms with E-state index in [9.17, 15) is 9.90 Å². The van der Waals surface area contributed by atoms with Gasteiger partial charge in [-0.1, -0.05) is 45.2 Å². The van der Waals surface area contributed by atoms with Gasteiger partial charge in [0.1, 0.15) is 23.9 Å². The molecule has 3 aromatic rings. The number of rotatable bonds is 10. The quantitative estimate of drug-likeness (QED) is 0.385. The number of halogens is 1.